The Morgan fingerprint density at radius 3 is 0.702 bits per heavy atom. The van der Waals surface area contributed by atoms with Crippen LogP contribution in [0.1, 0.15) is 107 Å². The van der Waals surface area contributed by atoms with Crippen molar-refractivity contribution in [1.29, 1.82) is 0 Å². The quantitative estimate of drug-likeness (QED) is 0.0846. The van der Waals surface area contributed by atoms with Crippen LogP contribution in [-0.4, -0.2) is 29.9 Å². The maximum absolute atomic E-state index is 5.15. The van der Waals surface area contributed by atoms with E-state index in [0.29, 0.717) is 11.4 Å². The third kappa shape index (κ3) is 17.0. The summed E-state index contributed by atoms with van der Waals surface area (Å²) in [6, 6.07) is 120. The Morgan fingerprint density at radius 2 is 0.465 bits per heavy atom. The van der Waals surface area contributed by atoms with Gasteiger partial charge in [-0.1, -0.05) is 287 Å². The Morgan fingerprint density at radius 1 is 0.237 bits per heavy atom. The van der Waals surface area contributed by atoms with Gasteiger partial charge in [-0.2, -0.15) is 5.56 Å². The summed E-state index contributed by atoms with van der Waals surface area (Å²) < 4.78 is 3.99. The molecule has 0 spiro atoms. The van der Waals surface area contributed by atoms with E-state index in [0.717, 1.165) is 140 Å². The van der Waals surface area contributed by atoms with Crippen molar-refractivity contribution in [3.05, 3.63) is 404 Å². The van der Waals surface area contributed by atoms with Gasteiger partial charge >= 0.3 is 40.2 Å². The molecule has 18 rings (SSSR count). The van der Waals surface area contributed by atoms with Gasteiger partial charge in [-0.15, -0.1) is 119 Å². The molecule has 2 fully saturated rings. The van der Waals surface area contributed by atoms with E-state index in [4.69, 9.17) is 29.9 Å². The molecule has 114 heavy (non-hydrogen) atoms. The molecule has 4 unspecified atom stereocenters. The summed E-state index contributed by atoms with van der Waals surface area (Å²) in [5, 5.41) is 0. The van der Waals surface area contributed by atoms with E-state index in [1.54, 1.807) is 0 Å². The maximum Gasteiger partial charge on any atom is 3.00 e. The third-order valence-corrected chi connectivity index (χ3v) is 24.5. The molecule has 16 aromatic rings. The van der Waals surface area contributed by atoms with Gasteiger partial charge in [-0.3, -0.25) is 12.1 Å². The Balaban J connectivity index is 0.00000489. The standard InChI is InChI=1S/C102H70Br4N6.2Ir/c103-82-21-13-17-67(55-82)98-45-41-71(59-107-98)87-26-2-7-31-92(87)76-49-75(50-77(51-76)93-32-8-3-27-88(93)72-42-46-99(108-60-72)68-18-14-22-83(104)56-68)91-30-6-1-25-86(91)65-37-39-66(40-38-65)102-111-63-81(64-112-102)97-36-12-11-35-96(97)80-53-78(94-33-9-4-28-89(94)73-43-47-100(109-61-73)69-19-15-23-84(105)57-69)52-79(54-80)95-34-10-5-29-90(95)74-44-48-101(110-62-74)70-20-16-24-85(106)58-70;;/h1-16,21-38,41-48,55-64,75-80H,49-54H2;;/q-6;2*+3. The summed E-state index contributed by atoms with van der Waals surface area (Å²) in [7, 11) is 0. The summed E-state index contributed by atoms with van der Waals surface area (Å²) in [5.74, 6) is 1.80. The maximum atomic E-state index is 5.15. The van der Waals surface area contributed by atoms with Crippen LogP contribution in [0.25, 0.3) is 123 Å². The molecular formula is C102H70Br4Ir2N6. The van der Waals surface area contributed by atoms with E-state index in [-0.39, 0.29) is 75.7 Å². The zero-order valence-electron chi connectivity index (χ0n) is 61.6. The number of pyridine rings is 4. The second-order valence-corrected chi connectivity index (χ2v) is 32.9. The Kier molecular flexibility index (Phi) is 24.4. The first-order valence-corrected chi connectivity index (χ1v) is 41.1. The second-order valence-electron chi connectivity index (χ2n) is 29.2. The van der Waals surface area contributed by atoms with Gasteiger partial charge < -0.3 is 29.9 Å². The molecule has 0 aliphatic heterocycles. The van der Waals surface area contributed by atoms with Crippen LogP contribution < -0.4 is 0 Å². The number of halogens is 4. The molecule has 554 valence electrons. The zero-order valence-corrected chi connectivity index (χ0v) is 72.7. The Hall–Kier alpha value is -9.68. The molecule has 2 aliphatic carbocycles. The topological polar surface area (TPSA) is 77.3 Å². The molecule has 0 saturated heterocycles. The first-order valence-electron chi connectivity index (χ1n) is 38.0. The van der Waals surface area contributed by atoms with Gasteiger partial charge in [0.05, 0.1) is 0 Å². The summed E-state index contributed by atoms with van der Waals surface area (Å²) in [4.78, 5) is 30.4. The SMILES string of the molecule is Brc1cc[c-]c(-c2ccc(-c3ccccc3C3CC(c4ccccc4-c4c[c-]c(-c5ncc(-c6ccccc6C6CC(c7ccccc7-c7ccc(-c8[c-]ccc(Br)c8)nc7)CC(c7ccccc7-c7ccc(-c8[c-]ccc(Br)c8)nc7)C6)cn5)[c-]c4)CC(c4ccccc4-c4ccc(-c5[c-]ccc(Br)c5)nc4)C3)cn2)c1.[Ir+3].[Ir+3]. The van der Waals surface area contributed by atoms with E-state index >= 15 is 0 Å². The number of hydrogen-bond donors (Lipinski definition) is 0. The van der Waals surface area contributed by atoms with Crippen molar-refractivity contribution in [2.45, 2.75) is 74.0 Å². The van der Waals surface area contributed by atoms with Crippen LogP contribution >= 0.6 is 63.7 Å². The van der Waals surface area contributed by atoms with Crippen molar-refractivity contribution < 1.29 is 40.2 Å². The smallest absolute Gasteiger partial charge is 0.332 e. The van der Waals surface area contributed by atoms with Gasteiger partial charge in [0.2, 0.25) is 0 Å². The molecule has 6 nitrogen and oxygen atoms in total. The fourth-order valence-corrected chi connectivity index (χ4v) is 18.8. The van der Waals surface area contributed by atoms with Crippen LogP contribution in [0.3, 0.4) is 0 Å². The Labute approximate surface area is 727 Å². The zero-order chi connectivity index (χ0) is 75.4. The van der Waals surface area contributed by atoms with Crippen LogP contribution in [-0.2, 0) is 40.2 Å². The number of hydrogen-bond acceptors (Lipinski definition) is 6. The number of rotatable bonds is 17. The first kappa shape index (κ1) is 78.2. The van der Waals surface area contributed by atoms with Crippen LogP contribution in [0.5, 0.6) is 0 Å². The van der Waals surface area contributed by atoms with Crippen LogP contribution in [0.15, 0.2) is 334 Å². The first-order chi connectivity index (χ1) is 55.1. The normalized spacial score (nSPS) is 16.6. The van der Waals surface area contributed by atoms with Gasteiger partial charge in [-0.25, -0.2) is 17.7 Å². The van der Waals surface area contributed by atoms with Gasteiger partial charge in [0, 0.05) is 42.7 Å². The predicted molar refractivity (Wildman–Crippen MR) is 467 cm³/mol. The molecule has 0 amide bonds. The summed E-state index contributed by atoms with van der Waals surface area (Å²) in [6.45, 7) is 0. The molecule has 5 aromatic heterocycles. The average Bonchev–Trinajstić information content (AvgIpc) is 0.769. The van der Waals surface area contributed by atoms with E-state index in [9.17, 15) is 0 Å². The van der Waals surface area contributed by atoms with Crippen LogP contribution in [0, 0.1) is 36.4 Å². The van der Waals surface area contributed by atoms with Crippen LogP contribution in [0.4, 0.5) is 0 Å². The predicted octanol–water partition coefficient (Wildman–Crippen LogP) is 27.9. The largest absolute Gasteiger partial charge is 3.00 e. The van der Waals surface area contributed by atoms with Gasteiger partial charge in [0.1, 0.15) is 0 Å². The van der Waals surface area contributed by atoms with Crippen molar-refractivity contribution in [2.24, 2.45) is 0 Å². The molecule has 0 N–H and O–H groups in total. The average molecular weight is 2080 g/mol. The third-order valence-electron chi connectivity index (χ3n) is 22.5. The number of nitrogens with zero attached hydrogens (tertiary/aromatic N) is 6. The minimum atomic E-state index is 0. The summed E-state index contributed by atoms with van der Waals surface area (Å²) in [5.41, 5.74) is 29.5. The van der Waals surface area contributed by atoms with E-state index in [1.807, 2.05) is 85.7 Å². The van der Waals surface area contributed by atoms with Gasteiger partial charge in [-0.05, 0) is 181 Å². The van der Waals surface area contributed by atoms with Crippen molar-refractivity contribution in [1.82, 2.24) is 29.9 Å². The second kappa shape index (κ2) is 35.6. The van der Waals surface area contributed by atoms with Gasteiger partial charge in [0.15, 0.2) is 0 Å². The van der Waals surface area contributed by atoms with Gasteiger partial charge in [0.25, 0.3) is 0 Å². The van der Waals surface area contributed by atoms with Crippen LogP contribution in [0.2, 0.25) is 0 Å². The van der Waals surface area contributed by atoms with Crippen molar-refractivity contribution >= 4 is 63.7 Å². The molecule has 5 heterocycles. The van der Waals surface area contributed by atoms with E-state index < -0.39 is 0 Å². The summed E-state index contributed by atoms with van der Waals surface area (Å²) >= 11 is 14.6. The molecule has 12 heteroatoms. The van der Waals surface area contributed by atoms with Crippen molar-refractivity contribution in [3.63, 3.8) is 0 Å². The molecule has 0 bridgehead atoms. The van der Waals surface area contributed by atoms with E-state index in [2.05, 4.69) is 331 Å². The molecular weight excluding hydrogens is 2010 g/mol. The molecule has 11 aromatic carbocycles. The molecule has 2 aliphatic rings. The molecule has 4 atom stereocenters. The van der Waals surface area contributed by atoms with E-state index in [1.165, 1.54) is 61.2 Å². The fourth-order valence-electron chi connectivity index (χ4n) is 17.3. The fraction of sp³-hybridized carbons (Fsp3) is 0.118. The molecule has 2 saturated carbocycles. The number of aromatic nitrogens is 6. The number of benzene rings is 11. The monoisotopic (exact) mass is 2080 g/mol. The van der Waals surface area contributed by atoms with Crippen molar-refractivity contribution in [2.75, 3.05) is 0 Å². The minimum absolute atomic E-state index is 0. The van der Waals surface area contributed by atoms with Crippen molar-refractivity contribution in [3.8, 4) is 123 Å². The summed E-state index contributed by atoms with van der Waals surface area (Å²) in [6.07, 6.45) is 17.9. The minimum Gasteiger partial charge on any atom is -0.332 e. The molecule has 0 radical (unpaired) electrons. The Bertz CT molecular complexity index is 5410.